The summed E-state index contributed by atoms with van der Waals surface area (Å²) in [5.41, 5.74) is 11.7. The van der Waals surface area contributed by atoms with E-state index in [-0.39, 0.29) is 34.2 Å². The Morgan fingerprint density at radius 3 is 1.75 bits per heavy atom. The molecule has 0 saturated carbocycles. The predicted molar refractivity (Wildman–Crippen MR) is 229 cm³/mol. The van der Waals surface area contributed by atoms with Crippen LogP contribution in [0.25, 0.3) is 22.5 Å². The second-order valence-corrected chi connectivity index (χ2v) is 17.1. The summed E-state index contributed by atoms with van der Waals surface area (Å²) in [7, 11) is 0. The molecule has 0 fully saturated rings. The topological polar surface area (TPSA) is 145 Å². The van der Waals surface area contributed by atoms with Crippen molar-refractivity contribution < 1.29 is 14.4 Å². The molecule has 5 N–H and O–H groups in total. The first-order chi connectivity index (χ1) is 27.2. The van der Waals surface area contributed by atoms with Crippen LogP contribution in [0.15, 0.2) is 97.5 Å². The lowest BCUT2D eigenvalue weighted by atomic mass is 9.76. The number of ketones is 2. The smallest absolute Gasteiger partial charge is 0.228 e. The molecule has 2 aromatic carbocycles. The zero-order valence-corrected chi connectivity index (χ0v) is 33.8. The average molecular weight is 762 g/mol. The summed E-state index contributed by atoms with van der Waals surface area (Å²) in [5.74, 6) is 0.591. The summed E-state index contributed by atoms with van der Waals surface area (Å²) in [5, 5.41) is 9.80. The number of nitrogens with one attached hydrogen (secondary N) is 5. The lowest BCUT2D eigenvalue weighted by Crippen LogP contribution is -2.26. The van der Waals surface area contributed by atoms with Crippen LogP contribution in [0.3, 0.4) is 0 Å². The first-order valence-corrected chi connectivity index (χ1v) is 19.6. The van der Waals surface area contributed by atoms with E-state index in [1.54, 1.807) is 12.4 Å². The van der Waals surface area contributed by atoms with Crippen molar-refractivity contribution in [3.8, 4) is 22.5 Å². The molecule has 0 saturated heterocycles. The maximum atomic E-state index is 13.1. The fourth-order valence-electron chi connectivity index (χ4n) is 7.79. The minimum Gasteiger partial charge on any atom is -0.356 e. The van der Waals surface area contributed by atoms with E-state index >= 15 is 0 Å². The average Bonchev–Trinajstić information content (AvgIpc) is 3.69. The Balaban J connectivity index is 0.000000177. The number of fused-ring (bicyclic) bond motifs is 2. The fourth-order valence-corrected chi connectivity index (χ4v) is 7.79. The zero-order chi connectivity index (χ0) is 40.5. The number of amides is 1. The molecule has 57 heavy (non-hydrogen) atoms. The molecule has 0 atom stereocenters. The van der Waals surface area contributed by atoms with Crippen LogP contribution in [0.1, 0.15) is 92.1 Å². The van der Waals surface area contributed by atoms with Gasteiger partial charge in [-0.2, -0.15) is 0 Å². The summed E-state index contributed by atoms with van der Waals surface area (Å²) < 4.78 is 0. The summed E-state index contributed by atoms with van der Waals surface area (Å²) in [6.07, 6.45) is 8.04. The van der Waals surface area contributed by atoms with Crippen LogP contribution in [0, 0.1) is 23.7 Å². The third-order valence-corrected chi connectivity index (χ3v) is 10.5. The molecule has 0 aliphatic heterocycles. The highest BCUT2D eigenvalue weighted by atomic mass is 16.2. The van der Waals surface area contributed by atoms with Crippen molar-refractivity contribution in [3.05, 3.63) is 126 Å². The van der Waals surface area contributed by atoms with E-state index in [0.29, 0.717) is 18.7 Å². The molecule has 0 spiro atoms. The van der Waals surface area contributed by atoms with E-state index in [0.717, 1.165) is 86.2 Å². The standard InChI is InChI=1S/C25H28N4O2.C22H23N3O/c1-15(2)24(31)29-20-12-16(10-11-26-20)22-23(27-17-8-6-5-7-9-17)21-18(28-22)13-25(3,4)14-19(21)30;1-14-13-23-10-9-16(14)20-21(24-15-7-5-4-6-8-15)19-17(25-20)11-22(2,3)12-18(19)26/h5-12,15,27-28H,13-14H2,1-4H3,(H,26,29,31);4-10,13,24-25H,11-12H2,1-3H3. The van der Waals surface area contributed by atoms with Gasteiger partial charge in [-0.25, -0.2) is 4.98 Å². The number of aromatic nitrogens is 4. The van der Waals surface area contributed by atoms with E-state index in [4.69, 9.17) is 0 Å². The molecule has 2 aliphatic rings. The van der Waals surface area contributed by atoms with Crippen LogP contribution in [0.5, 0.6) is 0 Å². The minimum atomic E-state index is -0.140. The maximum Gasteiger partial charge on any atom is 0.228 e. The van der Waals surface area contributed by atoms with Crippen LogP contribution in [-0.4, -0.2) is 37.4 Å². The van der Waals surface area contributed by atoms with Gasteiger partial charge < -0.3 is 25.9 Å². The number of Topliss-reactive ketones (excluding diaryl/α,β-unsaturated/α-hetero) is 2. The molecule has 0 unspecified atom stereocenters. The molecule has 4 aromatic heterocycles. The van der Waals surface area contributed by atoms with Crippen LogP contribution < -0.4 is 16.0 Å². The van der Waals surface area contributed by atoms with Gasteiger partial charge in [-0.15, -0.1) is 0 Å². The number of aryl methyl sites for hydroxylation is 1. The molecule has 0 radical (unpaired) electrons. The van der Waals surface area contributed by atoms with Gasteiger partial charge in [0.2, 0.25) is 5.91 Å². The quantitative estimate of drug-likeness (QED) is 0.104. The molecule has 6 aromatic rings. The number of carbonyl (C=O) groups excluding carboxylic acids is 3. The van der Waals surface area contributed by atoms with Crippen LogP contribution >= 0.6 is 0 Å². The van der Waals surface area contributed by atoms with Crippen molar-refractivity contribution in [2.75, 3.05) is 16.0 Å². The number of H-pyrrole nitrogens is 2. The summed E-state index contributed by atoms with van der Waals surface area (Å²) >= 11 is 0. The summed E-state index contributed by atoms with van der Waals surface area (Å²) in [6.45, 7) is 14.3. The summed E-state index contributed by atoms with van der Waals surface area (Å²) in [4.78, 5) is 53.8. The lowest BCUT2D eigenvalue weighted by molar-refractivity contribution is -0.118. The number of hydrogen-bond acceptors (Lipinski definition) is 7. The van der Waals surface area contributed by atoms with Crippen molar-refractivity contribution in [1.82, 2.24) is 19.9 Å². The number of aromatic amines is 2. The highest BCUT2D eigenvalue weighted by Crippen LogP contribution is 2.45. The van der Waals surface area contributed by atoms with Crippen LogP contribution in [0.4, 0.5) is 28.6 Å². The predicted octanol–water partition coefficient (Wildman–Crippen LogP) is 10.9. The third-order valence-electron chi connectivity index (χ3n) is 10.5. The van der Waals surface area contributed by atoms with Gasteiger partial charge in [0, 0.05) is 71.2 Å². The van der Waals surface area contributed by atoms with Crippen LogP contribution in [0.2, 0.25) is 0 Å². The summed E-state index contributed by atoms with van der Waals surface area (Å²) in [6, 6.07) is 25.5. The number of benzene rings is 2. The molecule has 10 heteroatoms. The Hall–Kier alpha value is -6.29. The van der Waals surface area contributed by atoms with Gasteiger partial charge in [-0.05, 0) is 78.6 Å². The second-order valence-electron chi connectivity index (χ2n) is 17.1. The fraction of sp³-hybridized carbons (Fsp3) is 0.298. The van der Waals surface area contributed by atoms with E-state index in [1.807, 2.05) is 106 Å². The van der Waals surface area contributed by atoms with Gasteiger partial charge in [0.25, 0.3) is 0 Å². The number of pyridine rings is 2. The SMILES string of the molecule is CC(C)C(=O)Nc1cc(-c2[nH]c3c(c2Nc2ccccc2)C(=O)CC(C)(C)C3)ccn1.Cc1cnccc1-c1[nH]c2c(c1Nc1ccccc1)C(=O)CC(C)(C)C2. The first kappa shape index (κ1) is 39.0. The molecular formula is C47H51N7O3. The lowest BCUT2D eigenvalue weighted by Gasteiger charge is -2.28. The van der Waals surface area contributed by atoms with Gasteiger partial charge >= 0.3 is 0 Å². The molecule has 0 bridgehead atoms. The molecular weight excluding hydrogens is 711 g/mol. The number of para-hydroxylation sites is 2. The largest absolute Gasteiger partial charge is 0.356 e. The van der Waals surface area contributed by atoms with Crippen molar-refractivity contribution >= 4 is 46.0 Å². The Kier molecular flexibility index (Phi) is 10.7. The van der Waals surface area contributed by atoms with Gasteiger partial charge in [0.15, 0.2) is 11.6 Å². The number of nitrogens with zero attached hydrogens (tertiary/aromatic N) is 2. The number of anilines is 5. The monoisotopic (exact) mass is 761 g/mol. The van der Waals surface area contributed by atoms with Gasteiger partial charge in [-0.1, -0.05) is 77.9 Å². The Morgan fingerprint density at radius 1 is 0.702 bits per heavy atom. The van der Waals surface area contributed by atoms with Gasteiger partial charge in [-0.3, -0.25) is 19.4 Å². The van der Waals surface area contributed by atoms with Crippen molar-refractivity contribution in [3.63, 3.8) is 0 Å². The number of hydrogen-bond donors (Lipinski definition) is 5. The highest BCUT2D eigenvalue weighted by molar-refractivity contribution is 6.09. The van der Waals surface area contributed by atoms with Gasteiger partial charge in [0.05, 0.1) is 33.9 Å². The zero-order valence-electron chi connectivity index (χ0n) is 33.8. The second kappa shape index (κ2) is 15.7. The normalized spacial score (nSPS) is 15.2. The Morgan fingerprint density at radius 2 is 1.23 bits per heavy atom. The van der Waals surface area contributed by atoms with Crippen molar-refractivity contribution in [1.29, 1.82) is 0 Å². The van der Waals surface area contributed by atoms with Crippen LogP contribution in [-0.2, 0) is 17.6 Å². The Bertz CT molecular complexity index is 2440. The Labute approximate surface area is 334 Å². The first-order valence-electron chi connectivity index (χ1n) is 19.6. The molecule has 2 aliphatic carbocycles. The van der Waals surface area contributed by atoms with Gasteiger partial charge in [0.1, 0.15) is 5.82 Å². The maximum absolute atomic E-state index is 13.1. The third kappa shape index (κ3) is 8.60. The number of carbonyl (C=O) groups is 3. The minimum absolute atomic E-state index is 0.0243. The van der Waals surface area contributed by atoms with E-state index in [9.17, 15) is 14.4 Å². The molecule has 292 valence electrons. The molecule has 8 rings (SSSR count). The van der Waals surface area contributed by atoms with E-state index in [1.165, 1.54) is 0 Å². The molecule has 10 nitrogen and oxygen atoms in total. The number of rotatable bonds is 8. The van der Waals surface area contributed by atoms with E-state index < -0.39 is 0 Å². The van der Waals surface area contributed by atoms with Crippen molar-refractivity contribution in [2.45, 2.75) is 74.1 Å². The van der Waals surface area contributed by atoms with Crippen molar-refractivity contribution in [2.24, 2.45) is 16.7 Å². The highest BCUT2D eigenvalue weighted by Gasteiger charge is 2.37. The van der Waals surface area contributed by atoms with E-state index in [2.05, 4.69) is 63.6 Å². The molecule has 4 heterocycles. The molecule has 1 amide bonds.